The molecule has 0 aromatic rings. The molecule has 0 amide bonds. The van der Waals surface area contributed by atoms with Gasteiger partial charge in [0.2, 0.25) is 0 Å². The van der Waals surface area contributed by atoms with Crippen LogP contribution in [0, 0.1) is 5.92 Å². The summed E-state index contributed by atoms with van der Waals surface area (Å²) >= 11 is 0. The lowest BCUT2D eigenvalue weighted by molar-refractivity contribution is 0.515. The SMILES string of the molecule is C=C(C)C(C)CCCCCCCCCCCCC. The van der Waals surface area contributed by atoms with Gasteiger partial charge in [-0.05, 0) is 19.3 Å². The Morgan fingerprint density at radius 1 is 0.778 bits per heavy atom. The summed E-state index contributed by atoms with van der Waals surface area (Å²) in [4.78, 5) is 0. The van der Waals surface area contributed by atoms with E-state index in [2.05, 4.69) is 27.4 Å². The number of rotatable bonds is 13. The van der Waals surface area contributed by atoms with Crippen molar-refractivity contribution in [3.63, 3.8) is 0 Å². The molecule has 0 saturated carbocycles. The highest BCUT2D eigenvalue weighted by atomic mass is 14.1. The van der Waals surface area contributed by atoms with E-state index < -0.39 is 0 Å². The lowest BCUT2D eigenvalue weighted by Crippen LogP contribution is -1.94. The maximum absolute atomic E-state index is 4.03. The fourth-order valence-electron chi connectivity index (χ4n) is 2.36. The van der Waals surface area contributed by atoms with Crippen molar-refractivity contribution >= 4 is 0 Å². The zero-order chi connectivity index (χ0) is 13.6. The topological polar surface area (TPSA) is 0 Å². The molecular formula is C18H36. The van der Waals surface area contributed by atoms with Crippen LogP contribution in [0.25, 0.3) is 0 Å². The second kappa shape index (κ2) is 13.2. The zero-order valence-corrected chi connectivity index (χ0v) is 13.3. The van der Waals surface area contributed by atoms with Crippen LogP contribution in [0.4, 0.5) is 0 Å². The quantitative estimate of drug-likeness (QED) is 0.247. The van der Waals surface area contributed by atoms with Crippen LogP contribution in [-0.4, -0.2) is 0 Å². The minimum atomic E-state index is 0.726. The zero-order valence-electron chi connectivity index (χ0n) is 13.3. The van der Waals surface area contributed by atoms with Crippen molar-refractivity contribution in [1.29, 1.82) is 0 Å². The summed E-state index contributed by atoms with van der Waals surface area (Å²) in [5, 5.41) is 0. The summed E-state index contributed by atoms with van der Waals surface area (Å²) < 4.78 is 0. The van der Waals surface area contributed by atoms with Crippen LogP contribution >= 0.6 is 0 Å². The Kier molecular flexibility index (Phi) is 13.0. The predicted octanol–water partition coefficient (Wildman–Crippen LogP) is 6.90. The Morgan fingerprint density at radius 2 is 1.17 bits per heavy atom. The second-order valence-corrected chi connectivity index (χ2v) is 6.07. The number of hydrogen-bond donors (Lipinski definition) is 0. The van der Waals surface area contributed by atoms with Crippen LogP contribution in [0.2, 0.25) is 0 Å². The lowest BCUT2D eigenvalue weighted by Gasteiger charge is -2.10. The first-order chi connectivity index (χ1) is 8.68. The van der Waals surface area contributed by atoms with E-state index >= 15 is 0 Å². The third-order valence-corrected chi connectivity index (χ3v) is 4.08. The highest BCUT2D eigenvalue weighted by Gasteiger charge is 2.01. The Bertz CT molecular complexity index is 180. The van der Waals surface area contributed by atoms with Crippen molar-refractivity contribution < 1.29 is 0 Å². The molecule has 0 saturated heterocycles. The van der Waals surface area contributed by atoms with Crippen molar-refractivity contribution in [3.8, 4) is 0 Å². The smallest absolute Gasteiger partial charge is 0.0237 e. The number of hydrogen-bond acceptors (Lipinski definition) is 0. The molecule has 1 unspecified atom stereocenters. The van der Waals surface area contributed by atoms with Gasteiger partial charge in [0.05, 0.1) is 0 Å². The minimum absolute atomic E-state index is 0.726. The second-order valence-electron chi connectivity index (χ2n) is 6.07. The molecular weight excluding hydrogens is 216 g/mol. The van der Waals surface area contributed by atoms with Crippen LogP contribution in [-0.2, 0) is 0 Å². The van der Waals surface area contributed by atoms with Gasteiger partial charge in [-0.15, -0.1) is 0 Å². The third-order valence-electron chi connectivity index (χ3n) is 4.08. The molecule has 0 aromatic carbocycles. The summed E-state index contributed by atoms with van der Waals surface area (Å²) in [6.07, 6.45) is 17.2. The molecule has 0 bridgehead atoms. The van der Waals surface area contributed by atoms with Crippen LogP contribution in [0.1, 0.15) is 97.8 Å². The molecule has 18 heavy (non-hydrogen) atoms. The Hall–Kier alpha value is -0.260. The Labute approximate surface area is 116 Å². The highest BCUT2D eigenvalue weighted by molar-refractivity contribution is 4.93. The van der Waals surface area contributed by atoms with E-state index in [4.69, 9.17) is 0 Å². The molecule has 0 aliphatic heterocycles. The van der Waals surface area contributed by atoms with Gasteiger partial charge >= 0.3 is 0 Å². The van der Waals surface area contributed by atoms with Crippen LogP contribution in [0.5, 0.6) is 0 Å². The molecule has 0 rings (SSSR count). The molecule has 108 valence electrons. The van der Waals surface area contributed by atoms with Crippen molar-refractivity contribution in [3.05, 3.63) is 12.2 Å². The van der Waals surface area contributed by atoms with Crippen LogP contribution in [0.15, 0.2) is 12.2 Å². The first kappa shape index (κ1) is 17.7. The summed E-state index contributed by atoms with van der Waals surface area (Å²) in [7, 11) is 0. The normalized spacial score (nSPS) is 12.6. The van der Waals surface area contributed by atoms with Gasteiger partial charge in [0.25, 0.3) is 0 Å². The first-order valence-corrected chi connectivity index (χ1v) is 8.33. The molecule has 0 spiro atoms. The van der Waals surface area contributed by atoms with Gasteiger partial charge in [-0.2, -0.15) is 0 Å². The van der Waals surface area contributed by atoms with Gasteiger partial charge in [0.15, 0.2) is 0 Å². The summed E-state index contributed by atoms with van der Waals surface area (Å²) in [5.74, 6) is 0.726. The molecule has 0 aromatic heterocycles. The third kappa shape index (κ3) is 12.2. The average molecular weight is 252 g/mol. The molecule has 0 heteroatoms. The molecule has 0 heterocycles. The van der Waals surface area contributed by atoms with Crippen molar-refractivity contribution in [2.75, 3.05) is 0 Å². The monoisotopic (exact) mass is 252 g/mol. The van der Waals surface area contributed by atoms with Gasteiger partial charge in [-0.3, -0.25) is 0 Å². The Morgan fingerprint density at radius 3 is 1.56 bits per heavy atom. The first-order valence-electron chi connectivity index (χ1n) is 8.33. The predicted molar refractivity (Wildman–Crippen MR) is 85.1 cm³/mol. The molecule has 0 nitrogen and oxygen atoms in total. The van der Waals surface area contributed by atoms with E-state index in [-0.39, 0.29) is 0 Å². The van der Waals surface area contributed by atoms with E-state index in [0.29, 0.717) is 0 Å². The van der Waals surface area contributed by atoms with E-state index in [1.54, 1.807) is 0 Å². The average Bonchev–Trinajstić information content (AvgIpc) is 2.35. The fraction of sp³-hybridized carbons (Fsp3) is 0.889. The maximum Gasteiger partial charge on any atom is -0.0237 e. The van der Waals surface area contributed by atoms with E-state index in [1.807, 2.05) is 0 Å². The summed E-state index contributed by atoms with van der Waals surface area (Å²) in [6.45, 7) is 10.8. The van der Waals surface area contributed by atoms with Crippen molar-refractivity contribution in [2.24, 2.45) is 5.92 Å². The lowest BCUT2D eigenvalue weighted by atomic mass is 9.96. The molecule has 1 atom stereocenters. The molecule has 0 aliphatic rings. The minimum Gasteiger partial charge on any atom is -0.0999 e. The van der Waals surface area contributed by atoms with Gasteiger partial charge in [0.1, 0.15) is 0 Å². The van der Waals surface area contributed by atoms with Crippen LogP contribution in [0.3, 0.4) is 0 Å². The van der Waals surface area contributed by atoms with E-state index in [1.165, 1.54) is 82.6 Å². The van der Waals surface area contributed by atoms with Crippen LogP contribution < -0.4 is 0 Å². The number of allylic oxidation sites excluding steroid dienone is 1. The summed E-state index contributed by atoms with van der Waals surface area (Å²) in [5.41, 5.74) is 1.35. The van der Waals surface area contributed by atoms with Gasteiger partial charge in [-0.1, -0.05) is 96.6 Å². The largest absolute Gasteiger partial charge is 0.0999 e. The van der Waals surface area contributed by atoms with E-state index in [9.17, 15) is 0 Å². The fourth-order valence-corrected chi connectivity index (χ4v) is 2.36. The Balaban J connectivity index is 3.05. The molecule has 0 radical (unpaired) electrons. The van der Waals surface area contributed by atoms with Gasteiger partial charge < -0.3 is 0 Å². The summed E-state index contributed by atoms with van der Waals surface area (Å²) in [6, 6.07) is 0. The standard InChI is InChI=1S/C18H36/c1-5-6-7-8-9-10-11-12-13-14-15-16-18(4)17(2)3/h18H,2,5-16H2,1,3-4H3. The van der Waals surface area contributed by atoms with Gasteiger partial charge in [0, 0.05) is 0 Å². The van der Waals surface area contributed by atoms with Crippen molar-refractivity contribution in [2.45, 2.75) is 97.8 Å². The highest BCUT2D eigenvalue weighted by Crippen LogP contribution is 2.17. The molecule has 0 aliphatic carbocycles. The molecule has 0 fully saturated rings. The number of unbranched alkanes of at least 4 members (excludes halogenated alkanes) is 10. The maximum atomic E-state index is 4.03. The molecule has 0 N–H and O–H groups in total. The van der Waals surface area contributed by atoms with Crippen molar-refractivity contribution in [1.82, 2.24) is 0 Å². The van der Waals surface area contributed by atoms with Gasteiger partial charge in [-0.25, -0.2) is 0 Å². The van der Waals surface area contributed by atoms with E-state index in [0.717, 1.165) is 5.92 Å².